The summed E-state index contributed by atoms with van der Waals surface area (Å²) < 4.78 is 12.5. The number of halogens is 1. The Hall–Kier alpha value is -0.720. The van der Waals surface area contributed by atoms with E-state index < -0.39 is 10.8 Å². The molecule has 1 amide bonds. The number of carbonyl (C=O) groups excluding carboxylic acids is 1. The van der Waals surface area contributed by atoms with E-state index in [1.54, 1.807) is 12.1 Å². The molecular formula is C12H17BrN2O2S. The summed E-state index contributed by atoms with van der Waals surface area (Å²) >= 11 is 3.32. The molecule has 1 aromatic rings. The molecule has 3 N–H and O–H groups in total. The first-order chi connectivity index (χ1) is 8.51. The van der Waals surface area contributed by atoms with Gasteiger partial charge in [0, 0.05) is 32.8 Å². The standard InChI is InChI=1S/C12H17BrN2O2S/c1-2-10(14)7-18(17)8-12(16)15-11-5-3-4-9(13)6-11/h3-6,10H,2,7-8,14H2,1H3,(H,15,16). The minimum Gasteiger partial charge on any atom is -0.327 e. The van der Waals surface area contributed by atoms with Crippen molar-refractivity contribution in [2.24, 2.45) is 5.73 Å². The highest BCUT2D eigenvalue weighted by Gasteiger charge is 2.11. The van der Waals surface area contributed by atoms with E-state index in [-0.39, 0.29) is 17.7 Å². The van der Waals surface area contributed by atoms with Gasteiger partial charge in [0.25, 0.3) is 0 Å². The second-order valence-electron chi connectivity index (χ2n) is 3.98. The first-order valence-corrected chi connectivity index (χ1v) is 7.95. The molecule has 0 aliphatic carbocycles. The molecule has 0 aliphatic heterocycles. The second-order valence-corrected chi connectivity index (χ2v) is 6.40. The smallest absolute Gasteiger partial charge is 0.236 e. The van der Waals surface area contributed by atoms with E-state index >= 15 is 0 Å². The molecule has 1 aromatic carbocycles. The van der Waals surface area contributed by atoms with Crippen molar-refractivity contribution in [2.45, 2.75) is 19.4 Å². The number of carbonyl (C=O) groups is 1. The van der Waals surface area contributed by atoms with E-state index in [4.69, 9.17) is 5.73 Å². The van der Waals surface area contributed by atoms with Crippen LogP contribution in [0.1, 0.15) is 13.3 Å². The van der Waals surface area contributed by atoms with Crippen molar-refractivity contribution in [3.8, 4) is 0 Å². The predicted octanol–water partition coefficient (Wildman–Crippen LogP) is 1.87. The molecule has 0 saturated heterocycles. The molecule has 4 nitrogen and oxygen atoms in total. The van der Waals surface area contributed by atoms with E-state index in [0.717, 1.165) is 10.9 Å². The molecule has 100 valence electrons. The van der Waals surface area contributed by atoms with Crippen molar-refractivity contribution in [2.75, 3.05) is 16.8 Å². The molecular weight excluding hydrogens is 316 g/mol. The Morgan fingerprint density at radius 3 is 2.89 bits per heavy atom. The number of rotatable bonds is 6. The molecule has 0 saturated carbocycles. The summed E-state index contributed by atoms with van der Waals surface area (Å²) in [6.07, 6.45) is 0.763. The van der Waals surface area contributed by atoms with Gasteiger partial charge in [-0.15, -0.1) is 0 Å². The van der Waals surface area contributed by atoms with Gasteiger partial charge in [-0.3, -0.25) is 9.00 Å². The van der Waals surface area contributed by atoms with Gasteiger partial charge in [-0.25, -0.2) is 0 Å². The van der Waals surface area contributed by atoms with Crippen molar-refractivity contribution in [1.29, 1.82) is 0 Å². The number of hydrogen-bond acceptors (Lipinski definition) is 3. The molecule has 0 spiro atoms. The molecule has 2 atom stereocenters. The van der Waals surface area contributed by atoms with Crippen LogP contribution in [0.15, 0.2) is 28.7 Å². The van der Waals surface area contributed by atoms with Crippen LogP contribution in [0.5, 0.6) is 0 Å². The Kier molecular flexibility index (Phi) is 6.52. The molecule has 2 unspecified atom stereocenters. The zero-order valence-electron chi connectivity index (χ0n) is 10.2. The third-order valence-electron chi connectivity index (χ3n) is 2.32. The van der Waals surface area contributed by atoms with E-state index in [9.17, 15) is 9.00 Å². The van der Waals surface area contributed by atoms with Crippen molar-refractivity contribution >= 4 is 38.3 Å². The van der Waals surface area contributed by atoms with E-state index in [1.807, 2.05) is 19.1 Å². The number of hydrogen-bond donors (Lipinski definition) is 2. The fourth-order valence-corrected chi connectivity index (χ4v) is 2.92. The molecule has 0 radical (unpaired) electrons. The Morgan fingerprint density at radius 1 is 1.56 bits per heavy atom. The lowest BCUT2D eigenvalue weighted by atomic mass is 10.3. The van der Waals surface area contributed by atoms with Crippen molar-refractivity contribution in [1.82, 2.24) is 0 Å². The molecule has 18 heavy (non-hydrogen) atoms. The SMILES string of the molecule is CCC(N)CS(=O)CC(=O)Nc1cccc(Br)c1. The molecule has 0 bridgehead atoms. The van der Waals surface area contributed by atoms with Crippen molar-refractivity contribution < 1.29 is 9.00 Å². The normalized spacial score (nSPS) is 13.9. The fraction of sp³-hybridized carbons (Fsp3) is 0.417. The highest BCUT2D eigenvalue weighted by Crippen LogP contribution is 2.15. The Morgan fingerprint density at radius 2 is 2.28 bits per heavy atom. The van der Waals surface area contributed by atoms with Gasteiger partial charge in [-0.2, -0.15) is 0 Å². The maximum Gasteiger partial charge on any atom is 0.236 e. The van der Waals surface area contributed by atoms with E-state index in [1.165, 1.54) is 0 Å². The van der Waals surface area contributed by atoms with Crippen LogP contribution in [0.25, 0.3) is 0 Å². The first-order valence-electron chi connectivity index (χ1n) is 5.67. The van der Waals surface area contributed by atoms with Gasteiger partial charge in [0.1, 0.15) is 5.75 Å². The zero-order chi connectivity index (χ0) is 13.5. The van der Waals surface area contributed by atoms with Crippen LogP contribution < -0.4 is 11.1 Å². The summed E-state index contributed by atoms with van der Waals surface area (Å²) in [4.78, 5) is 11.6. The third kappa shape index (κ3) is 5.75. The van der Waals surface area contributed by atoms with Crippen LogP contribution in [-0.2, 0) is 15.6 Å². The summed E-state index contributed by atoms with van der Waals surface area (Å²) in [6, 6.07) is 7.16. The van der Waals surface area contributed by atoms with Crippen LogP contribution in [0.3, 0.4) is 0 Å². The minimum absolute atomic E-state index is 0.0137. The number of benzene rings is 1. The van der Waals surface area contributed by atoms with Crippen LogP contribution >= 0.6 is 15.9 Å². The molecule has 0 aliphatic rings. The van der Waals surface area contributed by atoms with Crippen molar-refractivity contribution in [3.63, 3.8) is 0 Å². The number of nitrogens with two attached hydrogens (primary N) is 1. The topological polar surface area (TPSA) is 72.2 Å². The Balaban J connectivity index is 2.44. The number of nitrogens with one attached hydrogen (secondary N) is 1. The maximum atomic E-state index is 11.6. The van der Waals surface area contributed by atoms with Gasteiger partial charge >= 0.3 is 0 Å². The zero-order valence-corrected chi connectivity index (χ0v) is 12.6. The van der Waals surface area contributed by atoms with Gasteiger partial charge in [-0.05, 0) is 24.6 Å². The average Bonchev–Trinajstić information content (AvgIpc) is 2.28. The lowest BCUT2D eigenvalue weighted by Crippen LogP contribution is -2.30. The highest BCUT2D eigenvalue weighted by atomic mass is 79.9. The number of amides is 1. The van der Waals surface area contributed by atoms with Gasteiger partial charge in [0.15, 0.2) is 0 Å². The summed E-state index contributed by atoms with van der Waals surface area (Å²) in [5, 5.41) is 2.70. The molecule has 6 heteroatoms. The molecule has 1 rings (SSSR count). The first kappa shape index (κ1) is 15.3. The largest absolute Gasteiger partial charge is 0.327 e. The number of anilines is 1. The van der Waals surface area contributed by atoms with E-state index in [2.05, 4.69) is 21.2 Å². The van der Waals surface area contributed by atoms with Gasteiger partial charge in [-0.1, -0.05) is 28.9 Å². The second kappa shape index (κ2) is 7.66. The summed E-state index contributed by atoms with van der Waals surface area (Å²) in [7, 11) is -1.21. The van der Waals surface area contributed by atoms with Gasteiger partial charge in [0.05, 0.1) is 0 Å². The van der Waals surface area contributed by atoms with Gasteiger partial charge in [0.2, 0.25) is 5.91 Å². The lowest BCUT2D eigenvalue weighted by Gasteiger charge is -2.09. The van der Waals surface area contributed by atoms with Crippen LogP contribution in [-0.4, -0.2) is 27.7 Å². The monoisotopic (exact) mass is 332 g/mol. The van der Waals surface area contributed by atoms with Crippen LogP contribution in [0, 0.1) is 0 Å². The fourth-order valence-electron chi connectivity index (χ4n) is 1.33. The third-order valence-corrected chi connectivity index (χ3v) is 4.20. The quantitative estimate of drug-likeness (QED) is 0.835. The van der Waals surface area contributed by atoms with Crippen molar-refractivity contribution in [3.05, 3.63) is 28.7 Å². The molecule has 0 aromatic heterocycles. The van der Waals surface area contributed by atoms with Crippen LogP contribution in [0.2, 0.25) is 0 Å². The highest BCUT2D eigenvalue weighted by molar-refractivity contribution is 9.10. The Bertz CT molecular complexity index is 440. The maximum absolute atomic E-state index is 11.6. The summed E-state index contributed by atoms with van der Waals surface area (Å²) in [6.45, 7) is 1.93. The molecule has 0 fully saturated rings. The minimum atomic E-state index is -1.21. The predicted molar refractivity (Wildman–Crippen MR) is 78.9 cm³/mol. The Labute approximate surface area is 118 Å². The summed E-state index contributed by atoms with van der Waals surface area (Å²) in [5.74, 6) is 0.0949. The van der Waals surface area contributed by atoms with Crippen LogP contribution in [0.4, 0.5) is 5.69 Å². The summed E-state index contributed by atoms with van der Waals surface area (Å²) in [5.41, 5.74) is 6.38. The average molecular weight is 333 g/mol. The molecule has 0 heterocycles. The lowest BCUT2D eigenvalue weighted by molar-refractivity contribution is -0.113. The van der Waals surface area contributed by atoms with Gasteiger partial charge < -0.3 is 11.1 Å². The van der Waals surface area contributed by atoms with E-state index in [0.29, 0.717) is 11.4 Å².